The largest absolute Gasteiger partial charge is 0.496 e. The number of nitrogens with one attached hydrogen (secondary N) is 1. The van der Waals surface area contributed by atoms with Gasteiger partial charge in [0.2, 0.25) is 5.91 Å². The minimum absolute atomic E-state index is 0.0607. The van der Waals surface area contributed by atoms with E-state index in [0.717, 1.165) is 11.0 Å². The fraction of sp³-hybridized carbons (Fsp3) is 0.211. The molecule has 0 fully saturated rings. The standard InChI is InChI=1S/C19H18ClN3O7/c1-22(10-17(24)21-15-6-4-3-5-14(15)20)18(25)11-30-19(26)13-9-12(23(27)28)7-8-16(13)29-2/h3-9H,10-11H2,1-2H3,(H,21,24). The lowest BCUT2D eigenvalue weighted by molar-refractivity contribution is -0.384. The third kappa shape index (κ3) is 5.92. The Hall–Kier alpha value is -3.66. The van der Waals surface area contributed by atoms with Crippen molar-refractivity contribution in [2.24, 2.45) is 0 Å². The van der Waals surface area contributed by atoms with Crippen molar-refractivity contribution >= 4 is 40.8 Å². The first-order chi connectivity index (χ1) is 14.2. The molecule has 0 saturated heterocycles. The Kier molecular flexibility index (Phi) is 7.70. The number of nitro benzene ring substituents is 1. The van der Waals surface area contributed by atoms with Crippen LogP contribution in [0.15, 0.2) is 42.5 Å². The Morgan fingerprint density at radius 3 is 2.53 bits per heavy atom. The molecule has 10 nitrogen and oxygen atoms in total. The van der Waals surface area contributed by atoms with Crippen molar-refractivity contribution in [1.82, 2.24) is 4.90 Å². The lowest BCUT2D eigenvalue weighted by Gasteiger charge is -2.17. The molecule has 0 radical (unpaired) electrons. The van der Waals surface area contributed by atoms with Gasteiger partial charge in [-0.05, 0) is 18.2 Å². The molecule has 0 aliphatic heterocycles. The normalized spacial score (nSPS) is 10.1. The second-order valence-electron chi connectivity index (χ2n) is 6.00. The molecule has 0 spiro atoms. The number of esters is 1. The van der Waals surface area contributed by atoms with Gasteiger partial charge in [0.1, 0.15) is 11.3 Å². The molecule has 0 saturated carbocycles. The smallest absolute Gasteiger partial charge is 0.342 e. The van der Waals surface area contributed by atoms with Gasteiger partial charge in [-0.15, -0.1) is 0 Å². The van der Waals surface area contributed by atoms with E-state index in [2.05, 4.69) is 5.32 Å². The molecular weight excluding hydrogens is 418 g/mol. The summed E-state index contributed by atoms with van der Waals surface area (Å²) in [6.45, 7) is -0.970. The number of likely N-dealkylation sites (N-methyl/N-ethyl adjacent to an activating group) is 1. The quantitative estimate of drug-likeness (QED) is 0.383. The molecule has 0 aliphatic rings. The number of benzene rings is 2. The lowest BCUT2D eigenvalue weighted by atomic mass is 10.2. The molecule has 158 valence electrons. The topological polar surface area (TPSA) is 128 Å². The first-order valence-electron chi connectivity index (χ1n) is 8.50. The molecule has 30 heavy (non-hydrogen) atoms. The van der Waals surface area contributed by atoms with Gasteiger partial charge in [-0.25, -0.2) is 4.79 Å². The van der Waals surface area contributed by atoms with Crippen LogP contribution >= 0.6 is 11.6 Å². The maximum atomic E-state index is 12.2. The second-order valence-corrected chi connectivity index (χ2v) is 6.40. The summed E-state index contributed by atoms with van der Waals surface area (Å²) in [5.41, 5.74) is -0.129. The fourth-order valence-corrected chi connectivity index (χ4v) is 2.52. The van der Waals surface area contributed by atoms with Crippen molar-refractivity contribution in [1.29, 1.82) is 0 Å². The molecule has 0 bridgehead atoms. The highest BCUT2D eigenvalue weighted by Crippen LogP contribution is 2.24. The van der Waals surface area contributed by atoms with Gasteiger partial charge in [-0.3, -0.25) is 19.7 Å². The Balaban J connectivity index is 1.94. The summed E-state index contributed by atoms with van der Waals surface area (Å²) in [7, 11) is 2.64. The van der Waals surface area contributed by atoms with Crippen LogP contribution in [-0.2, 0) is 14.3 Å². The summed E-state index contributed by atoms with van der Waals surface area (Å²) >= 11 is 5.96. The van der Waals surface area contributed by atoms with Gasteiger partial charge in [0.15, 0.2) is 6.61 Å². The van der Waals surface area contributed by atoms with E-state index >= 15 is 0 Å². The van der Waals surface area contributed by atoms with E-state index in [1.165, 1.54) is 26.3 Å². The Bertz CT molecular complexity index is 980. The van der Waals surface area contributed by atoms with Gasteiger partial charge in [-0.1, -0.05) is 23.7 Å². The highest BCUT2D eigenvalue weighted by Gasteiger charge is 2.21. The van der Waals surface area contributed by atoms with E-state index in [-0.39, 0.29) is 23.5 Å². The third-order valence-corrected chi connectivity index (χ3v) is 4.22. The predicted molar refractivity (Wildman–Crippen MR) is 108 cm³/mol. The molecule has 2 aromatic rings. The van der Waals surface area contributed by atoms with Crippen LogP contribution in [0, 0.1) is 10.1 Å². The number of methoxy groups -OCH3 is 1. The SMILES string of the molecule is COc1ccc([N+](=O)[O-])cc1C(=O)OCC(=O)N(C)CC(=O)Nc1ccccc1Cl. The highest BCUT2D eigenvalue weighted by atomic mass is 35.5. The Labute approximate surface area is 176 Å². The summed E-state index contributed by atoms with van der Waals surface area (Å²) in [5.74, 6) is -2.06. The van der Waals surface area contributed by atoms with Gasteiger partial charge in [0.25, 0.3) is 11.6 Å². The van der Waals surface area contributed by atoms with Crippen LogP contribution in [0.2, 0.25) is 5.02 Å². The number of hydrogen-bond acceptors (Lipinski definition) is 7. The van der Waals surface area contributed by atoms with Gasteiger partial charge in [-0.2, -0.15) is 0 Å². The molecular formula is C19H18ClN3O7. The van der Waals surface area contributed by atoms with Gasteiger partial charge >= 0.3 is 5.97 Å². The predicted octanol–water partition coefficient (Wildman–Crippen LogP) is 2.51. The van der Waals surface area contributed by atoms with E-state index in [4.69, 9.17) is 21.1 Å². The number of carbonyl (C=O) groups is 3. The van der Waals surface area contributed by atoms with Crippen molar-refractivity contribution in [2.45, 2.75) is 0 Å². The molecule has 2 aromatic carbocycles. The van der Waals surface area contributed by atoms with E-state index in [1.807, 2.05) is 0 Å². The summed E-state index contributed by atoms with van der Waals surface area (Å²) in [5, 5.41) is 13.8. The molecule has 0 aliphatic carbocycles. The molecule has 0 heterocycles. The molecule has 0 unspecified atom stereocenters. The number of carbonyl (C=O) groups excluding carboxylic acids is 3. The summed E-state index contributed by atoms with van der Waals surface area (Å²) in [6.07, 6.45) is 0. The maximum Gasteiger partial charge on any atom is 0.342 e. The van der Waals surface area contributed by atoms with Crippen LogP contribution in [0.3, 0.4) is 0 Å². The average Bonchev–Trinajstić information content (AvgIpc) is 2.72. The van der Waals surface area contributed by atoms with E-state index < -0.39 is 29.3 Å². The number of hydrogen-bond donors (Lipinski definition) is 1. The zero-order valence-corrected chi connectivity index (χ0v) is 16.8. The minimum Gasteiger partial charge on any atom is -0.496 e. The molecule has 2 amide bonds. The van der Waals surface area contributed by atoms with Crippen LogP contribution in [0.25, 0.3) is 0 Å². The van der Waals surface area contributed by atoms with E-state index in [1.54, 1.807) is 24.3 Å². The lowest BCUT2D eigenvalue weighted by Crippen LogP contribution is -2.37. The summed E-state index contributed by atoms with van der Waals surface area (Å²) in [6, 6.07) is 10.0. The third-order valence-electron chi connectivity index (χ3n) is 3.90. The summed E-state index contributed by atoms with van der Waals surface area (Å²) in [4.78, 5) is 47.8. The number of nitrogens with zero attached hydrogens (tertiary/aromatic N) is 2. The maximum absolute atomic E-state index is 12.2. The molecule has 0 aromatic heterocycles. The van der Waals surface area contributed by atoms with Crippen molar-refractivity contribution in [3.8, 4) is 5.75 Å². The van der Waals surface area contributed by atoms with Crippen molar-refractivity contribution in [3.63, 3.8) is 0 Å². The molecule has 1 N–H and O–H groups in total. The van der Waals surface area contributed by atoms with Gasteiger partial charge < -0.3 is 19.7 Å². The first kappa shape index (κ1) is 22.6. The first-order valence-corrected chi connectivity index (χ1v) is 8.88. The number of nitro groups is 1. The fourth-order valence-electron chi connectivity index (χ4n) is 2.34. The number of non-ortho nitro benzene ring substituents is 1. The van der Waals surface area contributed by atoms with E-state index in [0.29, 0.717) is 10.7 Å². The number of amides is 2. The number of ether oxygens (including phenoxy) is 2. The van der Waals surface area contributed by atoms with Crippen molar-refractivity contribution in [3.05, 3.63) is 63.2 Å². The number of anilines is 1. The number of halogens is 1. The summed E-state index contributed by atoms with van der Waals surface area (Å²) < 4.78 is 9.91. The number of rotatable bonds is 8. The molecule has 2 rings (SSSR count). The van der Waals surface area contributed by atoms with Crippen LogP contribution in [0.4, 0.5) is 11.4 Å². The van der Waals surface area contributed by atoms with E-state index in [9.17, 15) is 24.5 Å². The monoisotopic (exact) mass is 435 g/mol. The Morgan fingerprint density at radius 2 is 1.90 bits per heavy atom. The zero-order valence-electron chi connectivity index (χ0n) is 16.1. The minimum atomic E-state index is -0.974. The van der Waals surface area contributed by atoms with Crippen LogP contribution in [0.1, 0.15) is 10.4 Å². The van der Waals surface area contributed by atoms with Gasteiger partial charge in [0.05, 0.1) is 29.3 Å². The van der Waals surface area contributed by atoms with Crippen LogP contribution in [-0.4, -0.2) is 54.9 Å². The van der Waals surface area contributed by atoms with Crippen LogP contribution < -0.4 is 10.1 Å². The van der Waals surface area contributed by atoms with Crippen molar-refractivity contribution < 1.29 is 28.8 Å². The number of para-hydroxylation sites is 1. The van der Waals surface area contributed by atoms with Crippen LogP contribution in [0.5, 0.6) is 5.75 Å². The molecule has 11 heteroatoms. The zero-order chi connectivity index (χ0) is 22.3. The molecule has 0 atom stereocenters. The Morgan fingerprint density at radius 1 is 1.20 bits per heavy atom. The highest BCUT2D eigenvalue weighted by molar-refractivity contribution is 6.33. The van der Waals surface area contributed by atoms with Crippen molar-refractivity contribution in [2.75, 3.05) is 32.6 Å². The average molecular weight is 436 g/mol. The van der Waals surface area contributed by atoms with Gasteiger partial charge in [0, 0.05) is 19.2 Å². The second kappa shape index (κ2) is 10.2.